The molecule has 1 fully saturated rings. The number of anilines is 1. The molecule has 0 atom stereocenters. The highest BCUT2D eigenvalue weighted by Gasteiger charge is 2.22. The molecule has 8 nitrogen and oxygen atoms in total. The Labute approximate surface area is 156 Å². The highest BCUT2D eigenvalue weighted by atomic mass is 16.5. The Morgan fingerprint density at radius 3 is 2.52 bits per heavy atom. The molecule has 0 unspecified atom stereocenters. The number of ether oxygens (including phenoxy) is 1. The first kappa shape index (κ1) is 18.7. The maximum absolute atomic E-state index is 12.8. The average molecular weight is 370 g/mol. The molecule has 3 rings (SSSR count). The molecule has 3 amide bonds. The molecule has 0 saturated carbocycles. The number of benzene rings is 1. The van der Waals surface area contributed by atoms with Gasteiger partial charge in [-0.15, -0.1) is 0 Å². The molecule has 27 heavy (non-hydrogen) atoms. The van der Waals surface area contributed by atoms with Crippen molar-refractivity contribution in [2.45, 2.75) is 6.92 Å². The number of morpholine rings is 1. The number of aromatic nitrogens is 1. The van der Waals surface area contributed by atoms with E-state index in [2.05, 4.69) is 5.32 Å². The van der Waals surface area contributed by atoms with E-state index < -0.39 is 5.91 Å². The van der Waals surface area contributed by atoms with Gasteiger partial charge in [0.05, 0.1) is 18.8 Å². The molecule has 3 N–H and O–H groups in total. The van der Waals surface area contributed by atoms with Crippen molar-refractivity contribution in [1.29, 1.82) is 0 Å². The predicted molar refractivity (Wildman–Crippen MR) is 99.8 cm³/mol. The number of hydrogen-bond acceptors (Lipinski definition) is 4. The molecule has 2 heterocycles. The first-order valence-corrected chi connectivity index (χ1v) is 8.62. The van der Waals surface area contributed by atoms with Gasteiger partial charge in [0.1, 0.15) is 5.69 Å². The van der Waals surface area contributed by atoms with E-state index in [0.717, 1.165) is 0 Å². The van der Waals surface area contributed by atoms with E-state index in [1.165, 1.54) is 16.8 Å². The highest BCUT2D eigenvalue weighted by Crippen LogP contribution is 2.22. The zero-order valence-corrected chi connectivity index (χ0v) is 15.3. The zero-order valence-electron chi connectivity index (χ0n) is 15.3. The second-order valence-corrected chi connectivity index (χ2v) is 6.43. The fourth-order valence-electron chi connectivity index (χ4n) is 3.05. The molecule has 1 saturated heterocycles. The summed E-state index contributed by atoms with van der Waals surface area (Å²) in [5.41, 5.74) is 7.59. The van der Waals surface area contributed by atoms with Crippen LogP contribution in [-0.4, -0.2) is 53.5 Å². The van der Waals surface area contributed by atoms with Crippen molar-refractivity contribution in [3.63, 3.8) is 0 Å². The summed E-state index contributed by atoms with van der Waals surface area (Å²) in [7, 11) is 1.66. The maximum atomic E-state index is 12.8. The van der Waals surface area contributed by atoms with Crippen molar-refractivity contribution in [1.82, 2.24) is 9.47 Å². The summed E-state index contributed by atoms with van der Waals surface area (Å²) >= 11 is 0. The Kier molecular flexibility index (Phi) is 5.27. The van der Waals surface area contributed by atoms with Crippen LogP contribution in [0, 0.1) is 6.92 Å². The normalized spacial score (nSPS) is 14.1. The standard InChI is InChI=1S/C19H22N4O4/c1-12-14(19(26)23-6-8-27-9-7-23)4-3-5-15(12)21-18(25)16-10-13(17(20)24)11-22(16)2/h3-5,10-11H,6-9H2,1-2H3,(H2,20,24)(H,21,25). The van der Waals surface area contributed by atoms with E-state index >= 15 is 0 Å². The molecule has 2 aromatic rings. The van der Waals surface area contributed by atoms with Crippen LogP contribution in [0.15, 0.2) is 30.5 Å². The predicted octanol–water partition coefficient (Wildman–Crippen LogP) is 1.16. The molecule has 142 valence electrons. The van der Waals surface area contributed by atoms with Crippen molar-refractivity contribution >= 4 is 23.4 Å². The number of primary amides is 1. The lowest BCUT2D eigenvalue weighted by Crippen LogP contribution is -2.41. The van der Waals surface area contributed by atoms with Crippen LogP contribution in [-0.2, 0) is 11.8 Å². The quantitative estimate of drug-likeness (QED) is 0.842. The minimum Gasteiger partial charge on any atom is -0.378 e. The van der Waals surface area contributed by atoms with Gasteiger partial charge < -0.3 is 25.3 Å². The Morgan fingerprint density at radius 2 is 1.89 bits per heavy atom. The molecule has 1 aliphatic heterocycles. The number of nitrogens with two attached hydrogens (primary N) is 1. The van der Waals surface area contributed by atoms with E-state index in [4.69, 9.17) is 10.5 Å². The number of hydrogen-bond donors (Lipinski definition) is 2. The molecule has 0 spiro atoms. The molecule has 1 aliphatic rings. The van der Waals surface area contributed by atoms with Crippen LogP contribution in [0.5, 0.6) is 0 Å². The van der Waals surface area contributed by atoms with Crippen LogP contribution < -0.4 is 11.1 Å². The Balaban J connectivity index is 1.82. The maximum Gasteiger partial charge on any atom is 0.272 e. The largest absolute Gasteiger partial charge is 0.378 e. The number of amides is 3. The number of nitrogens with zero attached hydrogens (tertiary/aromatic N) is 2. The van der Waals surface area contributed by atoms with Crippen molar-refractivity contribution in [2.24, 2.45) is 12.8 Å². The lowest BCUT2D eigenvalue weighted by Gasteiger charge is -2.27. The summed E-state index contributed by atoms with van der Waals surface area (Å²) in [6.45, 7) is 3.94. The average Bonchev–Trinajstić information content (AvgIpc) is 3.06. The molecule has 1 aromatic heterocycles. The van der Waals surface area contributed by atoms with Crippen molar-refractivity contribution in [3.05, 3.63) is 52.8 Å². The second kappa shape index (κ2) is 7.63. The third kappa shape index (κ3) is 3.85. The molecular formula is C19H22N4O4. The van der Waals surface area contributed by atoms with Crippen LogP contribution in [0.3, 0.4) is 0 Å². The van der Waals surface area contributed by atoms with Gasteiger partial charge >= 0.3 is 0 Å². The molecule has 0 aliphatic carbocycles. The number of carbonyl (C=O) groups excluding carboxylic acids is 3. The third-order valence-corrected chi connectivity index (χ3v) is 4.63. The monoisotopic (exact) mass is 370 g/mol. The molecular weight excluding hydrogens is 348 g/mol. The highest BCUT2D eigenvalue weighted by molar-refractivity contribution is 6.06. The van der Waals surface area contributed by atoms with Crippen LogP contribution in [0.4, 0.5) is 5.69 Å². The van der Waals surface area contributed by atoms with Crippen molar-refractivity contribution in [2.75, 3.05) is 31.6 Å². The molecule has 0 bridgehead atoms. The first-order chi connectivity index (χ1) is 12.9. The smallest absolute Gasteiger partial charge is 0.272 e. The Hall–Kier alpha value is -3.13. The van der Waals surface area contributed by atoms with Crippen molar-refractivity contribution < 1.29 is 19.1 Å². The van der Waals surface area contributed by atoms with Gasteiger partial charge in [-0.25, -0.2) is 0 Å². The van der Waals surface area contributed by atoms with E-state index in [-0.39, 0.29) is 17.4 Å². The van der Waals surface area contributed by atoms with Gasteiger partial charge in [0.15, 0.2) is 0 Å². The summed E-state index contributed by atoms with van der Waals surface area (Å²) in [6.07, 6.45) is 1.50. The lowest BCUT2D eigenvalue weighted by molar-refractivity contribution is 0.0302. The summed E-state index contributed by atoms with van der Waals surface area (Å²) < 4.78 is 6.82. The van der Waals surface area contributed by atoms with Crippen LogP contribution in [0.25, 0.3) is 0 Å². The fourth-order valence-corrected chi connectivity index (χ4v) is 3.05. The van der Waals surface area contributed by atoms with E-state index in [9.17, 15) is 14.4 Å². The van der Waals surface area contributed by atoms with Gasteiger partial charge in [0.2, 0.25) is 5.91 Å². The summed E-state index contributed by atoms with van der Waals surface area (Å²) in [5, 5.41) is 2.81. The topological polar surface area (TPSA) is 107 Å². The fraction of sp³-hybridized carbons (Fsp3) is 0.316. The molecule has 1 aromatic carbocycles. The van der Waals surface area contributed by atoms with Gasteiger partial charge in [-0.2, -0.15) is 0 Å². The zero-order chi connectivity index (χ0) is 19.6. The number of nitrogens with one attached hydrogen (secondary N) is 1. The van der Waals surface area contributed by atoms with Gasteiger partial charge in [0, 0.05) is 37.6 Å². The summed E-state index contributed by atoms with van der Waals surface area (Å²) in [4.78, 5) is 38.4. The van der Waals surface area contributed by atoms with Crippen LogP contribution >= 0.6 is 0 Å². The second-order valence-electron chi connectivity index (χ2n) is 6.43. The minimum atomic E-state index is -0.598. The van der Waals surface area contributed by atoms with E-state index in [1.54, 1.807) is 37.1 Å². The number of rotatable bonds is 4. The van der Waals surface area contributed by atoms with E-state index in [0.29, 0.717) is 48.8 Å². The van der Waals surface area contributed by atoms with Crippen molar-refractivity contribution in [3.8, 4) is 0 Å². The third-order valence-electron chi connectivity index (χ3n) is 4.63. The van der Waals surface area contributed by atoms with E-state index in [1.807, 2.05) is 0 Å². The number of aryl methyl sites for hydroxylation is 1. The Morgan fingerprint density at radius 1 is 1.19 bits per heavy atom. The van der Waals surface area contributed by atoms with Gasteiger partial charge in [-0.1, -0.05) is 6.07 Å². The van der Waals surface area contributed by atoms with Crippen LogP contribution in [0.2, 0.25) is 0 Å². The summed E-state index contributed by atoms with van der Waals surface area (Å²) in [6, 6.07) is 6.66. The van der Waals surface area contributed by atoms with Gasteiger partial charge in [-0.3, -0.25) is 14.4 Å². The SMILES string of the molecule is Cc1c(NC(=O)c2cc(C(N)=O)cn2C)cccc1C(=O)N1CCOCC1. The van der Waals surface area contributed by atoms with Crippen LogP contribution in [0.1, 0.15) is 36.8 Å². The Bertz CT molecular complexity index is 897. The van der Waals surface area contributed by atoms with Gasteiger partial charge in [0.25, 0.3) is 11.8 Å². The number of carbonyl (C=O) groups is 3. The summed E-state index contributed by atoms with van der Waals surface area (Å²) in [5.74, 6) is -1.07. The molecule has 8 heteroatoms. The molecule has 0 radical (unpaired) electrons. The first-order valence-electron chi connectivity index (χ1n) is 8.62. The van der Waals surface area contributed by atoms with Gasteiger partial charge in [-0.05, 0) is 30.7 Å². The minimum absolute atomic E-state index is 0.0817. The lowest BCUT2D eigenvalue weighted by atomic mass is 10.0.